The van der Waals surface area contributed by atoms with E-state index in [2.05, 4.69) is 15.6 Å². The van der Waals surface area contributed by atoms with Gasteiger partial charge in [0.2, 0.25) is 5.91 Å². The fraction of sp³-hybridized carbons (Fsp3) is 0.296. The molecule has 4 atom stereocenters. The van der Waals surface area contributed by atoms with Crippen molar-refractivity contribution in [3.05, 3.63) is 87.3 Å². The van der Waals surface area contributed by atoms with Gasteiger partial charge in [0.1, 0.15) is 28.1 Å². The van der Waals surface area contributed by atoms with Gasteiger partial charge in [-0.05, 0) is 48.4 Å². The van der Waals surface area contributed by atoms with Crippen molar-refractivity contribution in [2.75, 3.05) is 18.5 Å². The number of nitrogens with one attached hydrogen (secondary N) is 2. The van der Waals surface area contributed by atoms with Crippen LogP contribution in [0.3, 0.4) is 0 Å². The number of fused-ring (bicyclic) bond motifs is 3. The molecule has 0 unspecified atom stereocenters. The van der Waals surface area contributed by atoms with Gasteiger partial charge in [0.15, 0.2) is 0 Å². The molecule has 3 aromatic rings. The Morgan fingerprint density at radius 3 is 2.78 bits per heavy atom. The Balaban J connectivity index is 1.60. The van der Waals surface area contributed by atoms with E-state index in [1.165, 1.54) is 6.07 Å². The number of hydrogen-bond donors (Lipinski definition) is 2. The molecule has 190 valence electrons. The second kappa shape index (κ2) is 8.97. The third-order valence-corrected chi connectivity index (χ3v) is 8.10. The van der Waals surface area contributed by atoms with Gasteiger partial charge in [-0.2, -0.15) is 0 Å². The SMILES string of the molecule is CCOc1cccc(CN2[C@H]3CNC(=O)[C@H]3[C@H](c3cccc(Cl)c3F)[C@]23C(=O)Nc2nc(Cl)ccc23)c1. The fourth-order valence-electron chi connectivity index (χ4n) is 6.28. The van der Waals surface area contributed by atoms with E-state index in [4.69, 9.17) is 27.9 Å². The number of carbonyl (C=O) groups is 2. The minimum absolute atomic E-state index is 0.0710. The first-order valence-electron chi connectivity index (χ1n) is 12.0. The number of aromatic nitrogens is 1. The predicted molar refractivity (Wildman–Crippen MR) is 137 cm³/mol. The number of anilines is 1. The van der Waals surface area contributed by atoms with Crippen molar-refractivity contribution in [3.63, 3.8) is 0 Å². The van der Waals surface area contributed by atoms with Gasteiger partial charge in [0.05, 0.1) is 17.5 Å². The summed E-state index contributed by atoms with van der Waals surface area (Å²) in [6.07, 6.45) is 0. The van der Waals surface area contributed by atoms with Crippen LogP contribution in [-0.2, 0) is 21.7 Å². The smallest absolute Gasteiger partial charge is 0.251 e. The molecule has 6 rings (SSSR count). The molecule has 2 aromatic carbocycles. The highest BCUT2D eigenvalue weighted by Gasteiger charge is 2.70. The van der Waals surface area contributed by atoms with Gasteiger partial charge >= 0.3 is 0 Å². The maximum Gasteiger partial charge on any atom is 0.251 e. The van der Waals surface area contributed by atoms with Gasteiger partial charge in [0.25, 0.3) is 5.91 Å². The molecule has 7 nitrogen and oxygen atoms in total. The van der Waals surface area contributed by atoms with Crippen molar-refractivity contribution < 1.29 is 18.7 Å². The number of halogens is 3. The summed E-state index contributed by atoms with van der Waals surface area (Å²) in [5, 5.41) is 5.94. The number of amides is 2. The van der Waals surface area contributed by atoms with Crippen LogP contribution in [-0.4, -0.2) is 40.9 Å². The summed E-state index contributed by atoms with van der Waals surface area (Å²) in [7, 11) is 0. The first-order valence-corrected chi connectivity index (χ1v) is 12.8. The third kappa shape index (κ3) is 3.54. The highest BCUT2D eigenvalue weighted by atomic mass is 35.5. The van der Waals surface area contributed by atoms with E-state index in [1.54, 1.807) is 24.3 Å². The Morgan fingerprint density at radius 1 is 1.16 bits per heavy atom. The number of carbonyl (C=O) groups excluding carboxylic acids is 2. The van der Waals surface area contributed by atoms with Crippen molar-refractivity contribution >= 4 is 40.8 Å². The van der Waals surface area contributed by atoms with Gasteiger partial charge in [-0.3, -0.25) is 14.5 Å². The first kappa shape index (κ1) is 24.2. The molecule has 10 heteroatoms. The average molecular weight is 541 g/mol. The second-order valence-electron chi connectivity index (χ2n) is 9.42. The molecule has 1 spiro atoms. The van der Waals surface area contributed by atoms with Crippen molar-refractivity contribution in [1.82, 2.24) is 15.2 Å². The normalized spacial score (nSPS) is 26.2. The summed E-state index contributed by atoms with van der Waals surface area (Å²) in [5.41, 5.74) is 0.226. The van der Waals surface area contributed by atoms with Gasteiger partial charge in [-0.15, -0.1) is 0 Å². The Kier molecular flexibility index (Phi) is 5.86. The van der Waals surface area contributed by atoms with Crippen LogP contribution in [0, 0.1) is 11.7 Å². The summed E-state index contributed by atoms with van der Waals surface area (Å²) in [6, 6.07) is 15.3. The van der Waals surface area contributed by atoms with Crippen LogP contribution >= 0.6 is 23.2 Å². The minimum atomic E-state index is -1.42. The van der Waals surface area contributed by atoms with Gasteiger partial charge in [-0.25, -0.2) is 9.37 Å². The van der Waals surface area contributed by atoms with E-state index in [-0.39, 0.29) is 33.6 Å². The van der Waals surface area contributed by atoms with E-state index in [1.807, 2.05) is 36.1 Å². The number of benzene rings is 2. The van der Waals surface area contributed by atoms with E-state index in [0.717, 1.165) is 5.56 Å². The topological polar surface area (TPSA) is 83.6 Å². The Bertz CT molecular complexity index is 1440. The molecule has 4 heterocycles. The number of ether oxygens (including phenoxy) is 1. The summed E-state index contributed by atoms with van der Waals surface area (Å²) >= 11 is 12.4. The van der Waals surface area contributed by atoms with Crippen LogP contribution < -0.4 is 15.4 Å². The van der Waals surface area contributed by atoms with Crippen LogP contribution in [0.15, 0.2) is 54.6 Å². The fourth-order valence-corrected chi connectivity index (χ4v) is 6.61. The predicted octanol–water partition coefficient (Wildman–Crippen LogP) is 4.49. The molecule has 0 bridgehead atoms. The minimum Gasteiger partial charge on any atom is -0.494 e. The van der Waals surface area contributed by atoms with Crippen molar-refractivity contribution in [1.29, 1.82) is 0 Å². The van der Waals surface area contributed by atoms with E-state index in [9.17, 15) is 9.59 Å². The lowest BCUT2D eigenvalue weighted by Crippen LogP contribution is -2.53. The molecule has 1 aromatic heterocycles. The zero-order chi connectivity index (χ0) is 25.9. The second-order valence-corrected chi connectivity index (χ2v) is 10.2. The van der Waals surface area contributed by atoms with E-state index in [0.29, 0.717) is 36.8 Å². The maximum absolute atomic E-state index is 15.7. The van der Waals surface area contributed by atoms with Crippen LogP contribution in [0.1, 0.15) is 29.5 Å². The van der Waals surface area contributed by atoms with Crippen LogP contribution in [0.25, 0.3) is 0 Å². The maximum atomic E-state index is 15.7. The summed E-state index contributed by atoms with van der Waals surface area (Å²) in [4.78, 5) is 33.8. The van der Waals surface area contributed by atoms with Crippen LogP contribution in [0.5, 0.6) is 5.75 Å². The van der Waals surface area contributed by atoms with Crippen molar-refractivity contribution in [3.8, 4) is 5.75 Å². The van der Waals surface area contributed by atoms with Gasteiger partial charge < -0.3 is 15.4 Å². The molecule has 0 radical (unpaired) electrons. The summed E-state index contributed by atoms with van der Waals surface area (Å²) in [6.45, 7) is 3.05. The molecule has 2 fully saturated rings. The van der Waals surface area contributed by atoms with E-state index < -0.39 is 23.2 Å². The molecular weight excluding hydrogens is 518 g/mol. The number of hydrogen-bond acceptors (Lipinski definition) is 5. The molecule has 3 aliphatic heterocycles. The van der Waals surface area contributed by atoms with Crippen LogP contribution in [0.2, 0.25) is 10.2 Å². The van der Waals surface area contributed by atoms with Gasteiger partial charge in [-0.1, -0.05) is 47.5 Å². The lowest BCUT2D eigenvalue weighted by Gasteiger charge is -2.40. The highest BCUT2D eigenvalue weighted by Crippen LogP contribution is 2.60. The molecule has 2 saturated heterocycles. The monoisotopic (exact) mass is 540 g/mol. The number of rotatable bonds is 5. The molecular formula is C27H23Cl2FN4O3. The third-order valence-electron chi connectivity index (χ3n) is 7.59. The zero-order valence-corrected chi connectivity index (χ0v) is 21.3. The Hall–Kier alpha value is -3.20. The van der Waals surface area contributed by atoms with Crippen molar-refractivity contribution in [2.45, 2.75) is 31.0 Å². The quantitative estimate of drug-likeness (QED) is 0.466. The molecule has 37 heavy (non-hydrogen) atoms. The molecule has 0 aliphatic carbocycles. The van der Waals surface area contributed by atoms with Crippen molar-refractivity contribution in [2.24, 2.45) is 5.92 Å². The van der Waals surface area contributed by atoms with E-state index >= 15 is 4.39 Å². The zero-order valence-electron chi connectivity index (χ0n) is 19.8. The first-order chi connectivity index (χ1) is 17.9. The molecule has 2 N–H and O–H groups in total. The number of nitrogens with zero attached hydrogens (tertiary/aromatic N) is 2. The average Bonchev–Trinajstić information content (AvgIpc) is 3.47. The molecule has 0 saturated carbocycles. The highest BCUT2D eigenvalue weighted by molar-refractivity contribution is 6.31. The molecule has 2 amide bonds. The lowest BCUT2D eigenvalue weighted by molar-refractivity contribution is -0.128. The Labute approximate surface area is 222 Å². The number of likely N-dealkylation sites (tertiary alicyclic amines) is 1. The Morgan fingerprint density at radius 2 is 1.97 bits per heavy atom. The summed E-state index contributed by atoms with van der Waals surface area (Å²) < 4.78 is 21.4. The summed E-state index contributed by atoms with van der Waals surface area (Å²) in [5.74, 6) is -1.82. The lowest BCUT2D eigenvalue weighted by atomic mass is 9.71. The van der Waals surface area contributed by atoms with Crippen LogP contribution in [0.4, 0.5) is 10.2 Å². The standard InChI is InChI=1S/C27H23Cl2FN4O3/c1-2-37-15-6-3-5-14(11-15)13-34-19-12-31-25(35)21(19)22(16-7-4-8-18(28)23(16)30)27(34)17-9-10-20(29)32-24(17)33-26(27)36/h3-11,19,21-22H,2,12-13H2,1H3,(H,31,35)(H,32,33,36)/t19-,21+,22-,27+/m0/s1. The number of pyridine rings is 1. The largest absolute Gasteiger partial charge is 0.494 e. The van der Waals surface area contributed by atoms with Gasteiger partial charge in [0, 0.05) is 30.6 Å². The molecule has 3 aliphatic rings.